The van der Waals surface area contributed by atoms with Crippen molar-refractivity contribution in [3.63, 3.8) is 0 Å². The van der Waals surface area contributed by atoms with Crippen LogP contribution in [0.3, 0.4) is 0 Å². The second kappa shape index (κ2) is 9.20. The number of hydrogen-bond donors (Lipinski definition) is 0. The Morgan fingerprint density at radius 3 is 2.53 bits per heavy atom. The number of carbonyl (C=O) groups excluding carboxylic acids is 2. The lowest BCUT2D eigenvalue weighted by atomic mass is 10.2. The van der Waals surface area contributed by atoms with Gasteiger partial charge in [-0.3, -0.25) is 24.6 Å². The van der Waals surface area contributed by atoms with Gasteiger partial charge in [0.05, 0.1) is 33.0 Å². The van der Waals surface area contributed by atoms with Crippen LogP contribution in [0.15, 0.2) is 65.7 Å². The first kappa shape index (κ1) is 22.1. The summed E-state index contributed by atoms with van der Waals surface area (Å²) in [5.74, 6) is -0.412. The summed E-state index contributed by atoms with van der Waals surface area (Å²) in [5, 5.41) is 11.7. The van der Waals surface area contributed by atoms with Crippen LogP contribution < -0.4 is 0 Å². The van der Waals surface area contributed by atoms with E-state index in [1.54, 1.807) is 65.4 Å². The number of amides is 2. The van der Waals surface area contributed by atoms with Crippen LogP contribution >= 0.6 is 35.0 Å². The average molecular weight is 488 g/mol. The number of carbonyl (C=O) groups is 2. The molecule has 2 heterocycles. The quantitative estimate of drug-likeness (QED) is 0.242. The van der Waals surface area contributed by atoms with Crippen molar-refractivity contribution < 1.29 is 14.5 Å². The minimum absolute atomic E-state index is 0.0223. The van der Waals surface area contributed by atoms with Crippen molar-refractivity contribution in [2.24, 2.45) is 0 Å². The Balaban J connectivity index is 1.56. The number of thioether (sulfide) groups is 1. The molecule has 2 amide bonds. The van der Waals surface area contributed by atoms with Crippen LogP contribution in [0.25, 0.3) is 6.08 Å². The third-order valence-corrected chi connectivity index (χ3v) is 6.52. The minimum atomic E-state index is -0.424. The molecule has 32 heavy (non-hydrogen) atoms. The van der Waals surface area contributed by atoms with Crippen molar-refractivity contribution in [2.45, 2.75) is 13.1 Å². The molecule has 0 radical (unpaired) electrons. The fraction of sp³-hybridized carbons (Fsp3) is 0.0909. The zero-order valence-electron chi connectivity index (χ0n) is 16.4. The summed E-state index contributed by atoms with van der Waals surface area (Å²) in [7, 11) is 0. The van der Waals surface area contributed by atoms with Gasteiger partial charge >= 0.3 is 0 Å². The fourth-order valence-corrected chi connectivity index (χ4v) is 4.44. The summed E-state index contributed by atoms with van der Waals surface area (Å²) in [6, 6.07) is 15.0. The summed E-state index contributed by atoms with van der Waals surface area (Å²) in [5.41, 5.74) is 1.90. The van der Waals surface area contributed by atoms with Crippen LogP contribution in [0.4, 0.5) is 10.5 Å². The molecule has 0 spiro atoms. The standard InChI is InChI=1S/C22H15Cl2N3O4S/c23-17-8-7-14(10-18(17)24)12-26-21(28)20(32-22(26)29)11-16-5-3-9-25(16)13-15-4-1-2-6-19(15)27(30)31/h1-11H,12-13H2/b20-11-. The van der Waals surface area contributed by atoms with Crippen molar-refractivity contribution in [1.29, 1.82) is 0 Å². The maximum Gasteiger partial charge on any atom is 0.293 e. The van der Waals surface area contributed by atoms with Crippen LogP contribution in [0, 0.1) is 10.1 Å². The second-order valence-corrected chi connectivity index (χ2v) is 8.77. The van der Waals surface area contributed by atoms with Crippen LogP contribution in [-0.4, -0.2) is 25.5 Å². The number of nitrogens with zero attached hydrogens (tertiary/aromatic N) is 3. The third-order valence-electron chi connectivity index (χ3n) is 4.87. The number of halogens is 2. The van der Waals surface area contributed by atoms with E-state index in [4.69, 9.17) is 23.2 Å². The molecule has 2 aromatic carbocycles. The predicted octanol–water partition coefficient (Wildman–Crippen LogP) is 5.99. The molecule has 1 aromatic heterocycles. The number of rotatable bonds is 6. The highest BCUT2D eigenvalue weighted by molar-refractivity contribution is 8.18. The van der Waals surface area contributed by atoms with Crippen molar-refractivity contribution in [1.82, 2.24) is 9.47 Å². The van der Waals surface area contributed by atoms with Gasteiger partial charge < -0.3 is 4.57 Å². The Morgan fingerprint density at radius 2 is 1.78 bits per heavy atom. The van der Waals surface area contributed by atoms with Gasteiger partial charge in [0, 0.05) is 23.5 Å². The highest BCUT2D eigenvalue weighted by Crippen LogP contribution is 2.34. The molecule has 1 fully saturated rings. The van der Waals surface area contributed by atoms with Gasteiger partial charge in [-0.25, -0.2) is 0 Å². The second-order valence-electron chi connectivity index (χ2n) is 6.96. The van der Waals surface area contributed by atoms with E-state index >= 15 is 0 Å². The monoisotopic (exact) mass is 487 g/mol. The SMILES string of the molecule is O=C1S/C(=C\c2cccn2Cc2ccccc2[N+](=O)[O-])C(=O)N1Cc1ccc(Cl)c(Cl)c1. The first-order chi connectivity index (χ1) is 15.3. The molecule has 0 bridgehead atoms. The highest BCUT2D eigenvalue weighted by Gasteiger charge is 2.35. The zero-order chi connectivity index (χ0) is 22.8. The van der Waals surface area contributed by atoms with Crippen molar-refractivity contribution in [3.8, 4) is 0 Å². The molecule has 162 valence electrons. The Bertz CT molecular complexity index is 1270. The van der Waals surface area contributed by atoms with Crippen molar-refractivity contribution in [2.75, 3.05) is 0 Å². The molecule has 1 aliphatic heterocycles. The van der Waals surface area contributed by atoms with Crippen molar-refractivity contribution >= 4 is 57.9 Å². The smallest absolute Gasteiger partial charge is 0.293 e. The number of imide groups is 1. The molecule has 0 atom stereocenters. The summed E-state index contributed by atoms with van der Waals surface area (Å²) >= 11 is 12.8. The van der Waals surface area contributed by atoms with E-state index in [2.05, 4.69) is 0 Å². The molecular formula is C22H15Cl2N3O4S. The number of hydrogen-bond acceptors (Lipinski definition) is 5. The topological polar surface area (TPSA) is 85.5 Å². The minimum Gasteiger partial charge on any atom is -0.343 e. The average Bonchev–Trinajstić information content (AvgIpc) is 3.30. The molecule has 7 nitrogen and oxygen atoms in total. The maximum absolute atomic E-state index is 12.9. The lowest BCUT2D eigenvalue weighted by Gasteiger charge is -2.13. The van der Waals surface area contributed by atoms with Gasteiger partial charge in [-0.2, -0.15) is 0 Å². The lowest BCUT2D eigenvalue weighted by Crippen LogP contribution is -2.27. The van der Waals surface area contributed by atoms with Crippen LogP contribution in [0.5, 0.6) is 0 Å². The van der Waals surface area contributed by atoms with Crippen LogP contribution in [-0.2, 0) is 17.9 Å². The number of nitro groups is 1. The number of nitro benzene ring substituents is 1. The van der Waals surface area contributed by atoms with E-state index in [9.17, 15) is 19.7 Å². The molecular weight excluding hydrogens is 473 g/mol. The molecule has 0 saturated carbocycles. The molecule has 0 N–H and O–H groups in total. The zero-order valence-corrected chi connectivity index (χ0v) is 18.7. The summed E-state index contributed by atoms with van der Waals surface area (Å²) in [4.78, 5) is 37.6. The van der Waals surface area contributed by atoms with Gasteiger partial charge in [-0.15, -0.1) is 0 Å². The molecule has 3 aromatic rings. The van der Waals surface area contributed by atoms with Gasteiger partial charge in [0.2, 0.25) is 0 Å². The Kier molecular flexibility index (Phi) is 6.36. The van der Waals surface area contributed by atoms with Gasteiger partial charge in [0.25, 0.3) is 16.8 Å². The van der Waals surface area contributed by atoms with E-state index in [0.717, 1.165) is 16.7 Å². The first-order valence-corrected chi connectivity index (χ1v) is 11.0. The maximum atomic E-state index is 12.9. The summed E-state index contributed by atoms with van der Waals surface area (Å²) < 4.78 is 1.79. The molecule has 1 aliphatic rings. The number of benzene rings is 2. The third kappa shape index (κ3) is 4.57. The van der Waals surface area contributed by atoms with Crippen molar-refractivity contribution in [3.05, 3.63) is 103 Å². The molecule has 0 aliphatic carbocycles. The lowest BCUT2D eigenvalue weighted by molar-refractivity contribution is -0.385. The van der Waals surface area contributed by atoms with Crippen LogP contribution in [0.1, 0.15) is 16.8 Å². The summed E-state index contributed by atoms with van der Waals surface area (Å²) in [6.07, 6.45) is 3.39. The first-order valence-electron chi connectivity index (χ1n) is 9.40. The molecule has 1 saturated heterocycles. The van der Waals surface area contributed by atoms with Gasteiger partial charge in [-0.05, 0) is 47.7 Å². The van der Waals surface area contributed by atoms with E-state index in [1.807, 2.05) is 0 Å². The van der Waals surface area contributed by atoms with E-state index in [1.165, 1.54) is 6.07 Å². The van der Waals surface area contributed by atoms with E-state index < -0.39 is 10.8 Å². The Hall–Kier alpha value is -3.07. The predicted molar refractivity (Wildman–Crippen MR) is 125 cm³/mol. The van der Waals surface area contributed by atoms with E-state index in [0.29, 0.717) is 26.9 Å². The Morgan fingerprint density at radius 1 is 1.00 bits per heavy atom. The fourth-order valence-electron chi connectivity index (χ4n) is 3.30. The largest absolute Gasteiger partial charge is 0.343 e. The van der Waals surface area contributed by atoms with Gasteiger partial charge in [-0.1, -0.05) is 47.5 Å². The highest BCUT2D eigenvalue weighted by atomic mass is 35.5. The van der Waals surface area contributed by atoms with Gasteiger partial charge in [0.15, 0.2) is 0 Å². The number of para-hydroxylation sites is 1. The normalized spacial score (nSPS) is 15.1. The number of aromatic nitrogens is 1. The molecule has 10 heteroatoms. The van der Waals surface area contributed by atoms with E-state index in [-0.39, 0.29) is 28.9 Å². The van der Waals surface area contributed by atoms with Crippen LogP contribution in [0.2, 0.25) is 10.0 Å². The molecule has 4 rings (SSSR count). The Labute approximate surface area is 197 Å². The molecule has 0 unspecified atom stereocenters. The summed E-state index contributed by atoms with van der Waals surface area (Å²) in [6.45, 7) is 0.333. The van der Waals surface area contributed by atoms with Gasteiger partial charge in [0.1, 0.15) is 0 Å².